The molecular formula is C6H3F2IN. The first-order valence-corrected chi connectivity index (χ1v) is 3.51. The molecule has 0 aliphatic carbocycles. The van der Waals surface area contributed by atoms with Gasteiger partial charge in [0.25, 0.3) is 0 Å². The second-order valence-corrected chi connectivity index (χ2v) is 2.78. The van der Waals surface area contributed by atoms with E-state index in [0.29, 0.717) is 0 Å². The van der Waals surface area contributed by atoms with Gasteiger partial charge in [-0.05, 0) is 28.7 Å². The minimum atomic E-state index is -0.738. The van der Waals surface area contributed by atoms with Crippen molar-refractivity contribution < 1.29 is 8.78 Å². The molecule has 53 valence electrons. The van der Waals surface area contributed by atoms with Crippen LogP contribution in [-0.4, -0.2) is 0 Å². The summed E-state index contributed by atoms with van der Waals surface area (Å²) in [7, 11) is 0. The van der Waals surface area contributed by atoms with Gasteiger partial charge in [0.1, 0.15) is 11.6 Å². The molecule has 0 aromatic heterocycles. The maximum atomic E-state index is 12.5. The molecule has 1 aromatic carbocycles. The van der Waals surface area contributed by atoms with Crippen LogP contribution < -0.4 is 5.73 Å². The number of hydrogen-bond acceptors (Lipinski definition) is 1. The highest BCUT2D eigenvalue weighted by atomic mass is 127. The van der Waals surface area contributed by atoms with Crippen LogP contribution in [0.1, 0.15) is 0 Å². The molecule has 0 spiro atoms. The van der Waals surface area contributed by atoms with E-state index >= 15 is 0 Å². The molecule has 0 saturated heterocycles. The molecule has 0 bridgehead atoms. The lowest BCUT2D eigenvalue weighted by atomic mass is 10.3. The molecule has 1 radical (unpaired) electrons. The zero-order chi connectivity index (χ0) is 7.72. The molecule has 0 amide bonds. The molecular weight excluding hydrogens is 251 g/mol. The van der Waals surface area contributed by atoms with Crippen LogP contribution in [0.2, 0.25) is 0 Å². The van der Waals surface area contributed by atoms with E-state index in [9.17, 15) is 8.78 Å². The van der Waals surface area contributed by atoms with E-state index in [0.717, 1.165) is 6.07 Å². The minimum absolute atomic E-state index is 0.0181. The van der Waals surface area contributed by atoms with Gasteiger partial charge in [0.05, 0.1) is 3.57 Å². The Morgan fingerprint density at radius 1 is 1.50 bits per heavy atom. The Bertz CT molecular complexity index is 239. The van der Waals surface area contributed by atoms with Crippen LogP contribution >= 0.6 is 22.6 Å². The highest BCUT2D eigenvalue weighted by molar-refractivity contribution is 14.1. The Balaban J connectivity index is 3.31. The second kappa shape index (κ2) is 2.69. The average Bonchev–Trinajstić information content (AvgIpc) is 1.82. The molecule has 2 N–H and O–H groups in total. The normalized spacial score (nSPS) is 9.90. The van der Waals surface area contributed by atoms with E-state index in [1.165, 1.54) is 0 Å². The summed E-state index contributed by atoms with van der Waals surface area (Å²) in [5.74, 6) is -1.38. The molecule has 0 aliphatic rings. The Kier molecular flexibility index (Phi) is 2.08. The first-order chi connectivity index (χ1) is 4.61. The topological polar surface area (TPSA) is 26.0 Å². The van der Waals surface area contributed by atoms with Gasteiger partial charge in [0, 0.05) is 11.8 Å². The van der Waals surface area contributed by atoms with Gasteiger partial charge in [-0.25, -0.2) is 8.78 Å². The van der Waals surface area contributed by atoms with E-state index in [-0.39, 0.29) is 9.26 Å². The van der Waals surface area contributed by atoms with Gasteiger partial charge in [-0.3, -0.25) is 0 Å². The van der Waals surface area contributed by atoms with Gasteiger partial charge >= 0.3 is 0 Å². The minimum Gasteiger partial charge on any atom is -0.398 e. The van der Waals surface area contributed by atoms with Crippen LogP contribution in [0.4, 0.5) is 14.5 Å². The van der Waals surface area contributed by atoms with Crippen molar-refractivity contribution in [2.45, 2.75) is 0 Å². The molecule has 1 rings (SSSR count). The fourth-order valence-electron chi connectivity index (χ4n) is 0.522. The van der Waals surface area contributed by atoms with Crippen LogP contribution in [0.5, 0.6) is 0 Å². The summed E-state index contributed by atoms with van der Waals surface area (Å²) < 4.78 is 24.9. The van der Waals surface area contributed by atoms with Gasteiger partial charge in [0.2, 0.25) is 0 Å². The van der Waals surface area contributed by atoms with Crippen molar-refractivity contribution in [2.75, 3.05) is 5.73 Å². The highest BCUT2D eigenvalue weighted by Gasteiger charge is 2.05. The van der Waals surface area contributed by atoms with Gasteiger partial charge in [-0.1, -0.05) is 0 Å². The fourth-order valence-corrected chi connectivity index (χ4v) is 0.813. The monoisotopic (exact) mass is 254 g/mol. The summed E-state index contributed by atoms with van der Waals surface area (Å²) in [6.45, 7) is 0. The van der Waals surface area contributed by atoms with Crippen LogP contribution in [0.25, 0.3) is 0 Å². The van der Waals surface area contributed by atoms with Gasteiger partial charge in [-0.2, -0.15) is 0 Å². The number of hydrogen-bond donors (Lipinski definition) is 1. The van der Waals surface area contributed by atoms with Crippen molar-refractivity contribution in [2.24, 2.45) is 0 Å². The molecule has 0 unspecified atom stereocenters. The quantitative estimate of drug-likeness (QED) is 0.427. The summed E-state index contributed by atoms with van der Waals surface area (Å²) >= 11 is 1.55. The Morgan fingerprint density at radius 2 is 2.10 bits per heavy atom. The first kappa shape index (κ1) is 7.71. The van der Waals surface area contributed by atoms with E-state index in [4.69, 9.17) is 5.73 Å². The second-order valence-electron chi connectivity index (χ2n) is 1.70. The molecule has 0 aliphatic heterocycles. The van der Waals surface area contributed by atoms with E-state index in [1.807, 2.05) is 0 Å². The lowest BCUT2D eigenvalue weighted by Crippen LogP contribution is -1.93. The molecule has 1 aromatic rings. The maximum Gasteiger partial charge on any atom is 0.149 e. The molecule has 4 heteroatoms. The summed E-state index contributed by atoms with van der Waals surface area (Å²) in [5.41, 5.74) is 5.07. The molecule has 0 fully saturated rings. The van der Waals surface area contributed by atoms with Gasteiger partial charge in [0.15, 0.2) is 0 Å². The molecule has 1 nitrogen and oxygen atoms in total. The Labute approximate surface area is 70.4 Å². The van der Waals surface area contributed by atoms with E-state index in [1.54, 1.807) is 22.6 Å². The van der Waals surface area contributed by atoms with Crippen LogP contribution in [0.15, 0.2) is 6.07 Å². The third kappa shape index (κ3) is 1.36. The van der Waals surface area contributed by atoms with Crippen LogP contribution in [0, 0.1) is 21.3 Å². The Morgan fingerprint density at radius 3 is 2.60 bits per heavy atom. The zero-order valence-electron chi connectivity index (χ0n) is 4.79. The van der Waals surface area contributed by atoms with E-state index < -0.39 is 11.6 Å². The maximum absolute atomic E-state index is 12.5. The third-order valence-electron chi connectivity index (χ3n) is 0.939. The third-order valence-corrected chi connectivity index (χ3v) is 1.93. The van der Waals surface area contributed by atoms with Crippen LogP contribution in [-0.2, 0) is 0 Å². The predicted octanol–water partition coefficient (Wildman–Crippen LogP) is 1.95. The van der Waals surface area contributed by atoms with E-state index in [2.05, 4.69) is 6.07 Å². The number of halogens is 3. The average molecular weight is 254 g/mol. The summed E-state index contributed by atoms with van der Waals surface area (Å²) in [6.07, 6.45) is 0. The number of rotatable bonds is 0. The fraction of sp³-hybridized carbons (Fsp3) is 0. The van der Waals surface area contributed by atoms with Crippen molar-refractivity contribution in [1.82, 2.24) is 0 Å². The molecule has 0 saturated carbocycles. The summed E-state index contributed by atoms with van der Waals surface area (Å²) in [4.78, 5) is 0. The number of nitrogen functional groups attached to an aromatic ring is 1. The SMILES string of the molecule is Nc1[c]c(F)c(I)c(F)c1. The highest BCUT2D eigenvalue weighted by Crippen LogP contribution is 2.17. The molecule has 10 heavy (non-hydrogen) atoms. The lowest BCUT2D eigenvalue weighted by molar-refractivity contribution is 0.570. The van der Waals surface area contributed by atoms with Crippen molar-refractivity contribution in [3.8, 4) is 0 Å². The number of anilines is 1. The summed E-state index contributed by atoms with van der Waals surface area (Å²) in [6, 6.07) is 3.18. The predicted molar refractivity (Wildman–Crippen MR) is 42.3 cm³/mol. The van der Waals surface area contributed by atoms with Gasteiger partial charge in [-0.15, -0.1) is 0 Å². The van der Waals surface area contributed by atoms with Crippen LogP contribution in [0.3, 0.4) is 0 Å². The number of nitrogens with two attached hydrogens (primary N) is 1. The largest absolute Gasteiger partial charge is 0.398 e. The molecule has 0 atom stereocenters. The Hall–Kier alpha value is -0.390. The standard InChI is InChI=1S/C6H3F2IN/c7-4-1-3(10)2-5(8)6(4)9/h1H,10H2. The smallest absolute Gasteiger partial charge is 0.149 e. The van der Waals surface area contributed by atoms with Crippen molar-refractivity contribution in [3.05, 3.63) is 27.3 Å². The summed E-state index contributed by atoms with van der Waals surface area (Å²) in [5, 5.41) is 0. The van der Waals surface area contributed by atoms with Crippen molar-refractivity contribution in [3.63, 3.8) is 0 Å². The molecule has 0 heterocycles. The first-order valence-electron chi connectivity index (χ1n) is 2.43. The zero-order valence-corrected chi connectivity index (χ0v) is 6.95. The lowest BCUT2D eigenvalue weighted by Gasteiger charge is -1.96. The van der Waals surface area contributed by atoms with Crippen molar-refractivity contribution in [1.29, 1.82) is 0 Å². The van der Waals surface area contributed by atoms with Gasteiger partial charge < -0.3 is 5.73 Å². The van der Waals surface area contributed by atoms with Crippen molar-refractivity contribution >= 4 is 28.3 Å². The number of benzene rings is 1.